The van der Waals surface area contributed by atoms with Crippen LogP contribution in [0.3, 0.4) is 0 Å². The normalized spacial score (nSPS) is 14.2. The lowest BCUT2D eigenvalue weighted by Gasteiger charge is -2.18. The molecule has 0 unspecified atom stereocenters. The molecule has 0 saturated heterocycles. The molecular formula is C16H21NO2S. The molecule has 0 bridgehead atoms. The van der Waals surface area contributed by atoms with Gasteiger partial charge in [0.25, 0.3) is 0 Å². The van der Waals surface area contributed by atoms with Gasteiger partial charge in [-0.3, -0.25) is 0 Å². The van der Waals surface area contributed by atoms with E-state index in [0.29, 0.717) is 19.1 Å². The van der Waals surface area contributed by atoms with Gasteiger partial charge in [0.1, 0.15) is 13.2 Å². The van der Waals surface area contributed by atoms with Crippen molar-refractivity contribution in [3.8, 4) is 11.5 Å². The summed E-state index contributed by atoms with van der Waals surface area (Å²) in [6.45, 7) is 7.86. The first kappa shape index (κ1) is 13.7. The minimum atomic E-state index is 0.647. The lowest BCUT2D eigenvalue weighted by Crippen LogP contribution is -2.22. The van der Waals surface area contributed by atoms with Crippen molar-refractivity contribution in [1.29, 1.82) is 0 Å². The fourth-order valence-corrected chi connectivity index (χ4v) is 3.43. The molecule has 0 fully saturated rings. The zero-order chi connectivity index (χ0) is 13.9. The van der Waals surface area contributed by atoms with Crippen LogP contribution in [-0.4, -0.2) is 26.3 Å². The summed E-state index contributed by atoms with van der Waals surface area (Å²) in [4.78, 5) is 0. The highest BCUT2D eigenvalue weighted by atomic mass is 32.1. The largest absolute Gasteiger partial charge is 0.486 e. The van der Waals surface area contributed by atoms with E-state index in [-0.39, 0.29) is 0 Å². The predicted octanol–water partition coefficient (Wildman–Crippen LogP) is 3.46. The first-order valence-electron chi connectivity index (χ1n) is 7.24. The van der Waals surface area contributed by atoms with Crippen molar-refractivity contribution in [3.63, 3.8) is 0 Å². The lowest BCUT2D eigenvalue weighted by atomic mass is 10.1. The molecule has 3 rings (SSSR count). The van der Waals surface area contributed by atoms with Crippen LogP contribution in [0.1, 0.15) is 19.4 Å². The van der Waals surface area contributed by atoms with E-state index in [0.717, 1.165) is 31.0 Å². The number of ether oxygens (including phenoxy) is 2. The topological polar surface area (TPSA) is 30.5 Å². The number of nitrogens with one attached hydrogen (secondary N) is 1. The van der Waals surface area contributed by atoms with Gasteiger partial charge in [-0.2, -0.15) is 0 Å². The van der Waals surface area contributed by atoms with Gasteiger partial charge in [0.15, 0.2) is 11.5 Å². The molecular weight excluding hydrogens is 270 g/mol. The van der Waals surface area contributed by atoms with Crippen LogP contribution >= 0.6 is 11.3 Å². The fourth-order valence-electron chi connectivity index (χ4n) is 2.42. The van der Waals surface area contributed by atoms with E-state index >= 15 is 0 Å². The van der Waals surface area contributed by atoms with E-state index in [1.165, 1.54) is 15.6 Å². The van der Waals surface area contributed by atoms with Crippen LogP contribution in [0.4, 0.5) is 0 Å². The Balaban J connectivity index is 1.75. The van der Waals surface area contributed by atoms with Gasteiger partial charge >= 0.3 is 0 Å². The van der Waals surface area contributed by atoms with Gasteiger partial charge < -0.3 is 14.8 Å². The van der Waals surface area contributed by atoms with Crippen molar-refractivity contribution in [2.24, 2.45) is 5.92 Å². The van der Waals surface area contributed by atoms with Crippen LogP contribution in [0.5, 0.6) is 11.5 Å². The minimum Gasteiger partial charge on any atom is -0.486 e. The highest BCUT2D eigenvalue weighted by molar-refractivity contribution is 7.17. The van der Waals surface area contributed by atoms with Gasteiger partial charge in [-0.25, -0.2) is 0 Å². The Bertz CT molecular complexity index is 591. The first-order valence-corrected chi connectivity index (χ1v) is 8.12. The molecule has 0 atom stereocenters. The highest BCUT2D eigenvalue weighted by Gasteiger charge is 2.15. The monoisotopic (exact) mass is 291 g/mol. The molecule has 0 spiro atoms. The van der Waals surface area contributed by atoms with Gasteiger partial charge in [0.2, 0.25) is 0 Å². The number of hydrogen-bond acceptors (Lipinski definition) is 4. The number of benzene rings is 1. The Hall–Kier alpha value is -1.26. The van der Waals surface area contributed by atoms with Crippen molar-refractivity contribution in [3.05, 3.63) is 23.1 Å². The number of thiophene rings is 1. The zero-order valence-electron chi connectivity index (χ0n) is 12.1. The highest BCUT2D eigenvalue weighted by Crippen LogP contribution is 2.38. The van der Waals surface area contributed by atoms with Crippen LogP contribution in [0.25, 0.3) is 10.1 Å². The molecule has 0 radical (unpaired) electrons. The van der Waals surface area contributed by atoms with E-state index in [2.05, 4.69) is 36.7 Å². The Morgan fingerprint density at radius 3 is 2.70 bits per heavy atom. The van der Waals surface area contributed by atoms with E-state index in [1.807, 2.05) is 0 Å². The second-order valence-corrected chi connectivity index (χ2v) is 6.51. The summed E-state index contributed by atoms with van der Waals surface area (Å²) in [7, 11) is 0. The van der Waals surface area contributed by atoms with Crippen molar-refractivity contribution >= 4 is 21.4 Å². The van der Waals surface area contributed by atoms with Crippen LogP contribution in [0.2, 0.25) is 0 Å². The summed E-state index contributed by atoms with van der Waals surface area (Å²) >= 11 is 1.79. The number of hydrogen-bond donors (Lipinski definition) is 1. The van der Waals surface area contributed by atoms with Gasteiger partial charge in [-0.1, -0.05) is 13.8 Å². The zero-order valence-corrected chi connectivity index (χ0v) is 12.9. The summed E-state index contributed by atoms with van der Waals surface area (Å²) in [5.74, 6) is 2.47. The molecule has 1 aromatic carbocycles. The van der Waals surface area contributed by atoms with E-state index < -0.39 is 0 Å². The molecule has 1 N–H and O–H groups in total. The quantitative estimate of drug-likeness (QED) is 0.856. The molecule has 0 aliphatic carbocycles. The van der Waals surface area contributed by atoms with Gasteiger partial charge in [0.05, 0.1) is 0 Å². The molecule has 1 aromatic heterocycles. The molecule has 1 aliphatic rings. The Labute approximate surface area is 123 Å². The standard InChI is InChI=1S/C16H21NO2S/c1-11(2)9-17-4-3-12-10-20-16-8-15-14(7-13(12)16)18-5-6-19-15/h7-8,10-11,17H,3-6,9H2,1-2H3. The van der Waals surface area contributed by atoms with Crippen LogP contribution in [-0.2, 0) is 6.42 Å². The third-order valence-corrected chi connectivity index (χ3v) is 4.44. The molecule has 20 heavy (non-hydrogen) atoms. The van der Waals surface area contributed by atoms with Gasteiger partial charge in [-0.05, 0) is 47.8 Å². The fraction of sp³-hybridized carbons (Fsp3) is 0.500. The average molecular weight is 291 g/mol. The molecule has 2 aromatic rings. The maximum absolute atomic E-state index is 5.68. The van der Waals surface area contributed by atoms with Crippen molar-refractivity contribution < 1.29 is 9.47 Å². The maximum atomic E-state index is 5.68. The Morgan fingerprint density at radius 1 is 1.20 bits per heavy atom. The van der Waals surface area contributed by atoms with Gasteiger partial charge in [-0.15, -0.1) is 11.3 Å². The average Bonchev–Trinajstić information content (AvgIpc) is 2.83. The second-order valence-electron chi connectivity index (χ2n) is 5.60. The smallest absolute Gasteiger partial charge is 0.162 e. The van der Waals surface area contributed by atoms with E-state index in [9.17, 15) is 0 Å². The van der Waals surface area contributed by atoms with E-state index in [1.54, 1.807) is 11.3 Å². The molecule has 0 amide bonds. The van der Waals surface area contributed by atoms with Gasteiger partial charge in [0, 0.05) is 10.8 Å². The third kappa shape index (κ3) is 2.91. The lowest BCUT2D eigenvalue weighted by molar-refractivity contribution is 0.172. The summed E-state index contributed by atoms with van der Waals surface area (Å²) in [5.41, 5.74) is 1.40. The SMILES string of the molecule is CC(C)CNCCc1csc2cc3c(cc12)OCCO3. The minimum absolute atomic E-state index is 0.647. The molecule has 4 heteroatoms. The molecule has 0 saturated carbocycles. The van der Waals surface area contributed by atoms with Crippen molar-refractivity contribution in [1.82, 2.24) is 5.32 Å². The van der Waals surface area contributed by atoms with Crippen LogP contribution < -0.4 is 14.8 Å². The summed E-state index contributed by atoms with van der Waals surface area (Å²) in [6, 6.07) is 4.25. The van der Waals surface area contributed by atoms with Crippen LogP contribution in [0.15, 0.2) is 17.5 Å². The third-order valence-electron chi connectivity index (χ3n) is 3.44. The Morgan fingerprint density at radius 2 is 1.95 bits per heavy atom. The van der Waals surface area contributed by atoms with Crippen LogP contribution in [0, 0.1) is 5.92 Å². The molecule has 2 heterocycles. The molecule has 3 nitrogen and oxygen atoms in total. The first-order chi connectivity index (χ1) is 9.74. The molecule has 108 valence electrons. The van der Waals surface area contributed by atoms with E-state index in [4.69, 9.17) is 9.47 Å². The number of fused-ring (bicyclic) bond motifs is 2. The summed E-state index contributed by atoms with van der Waals surface area (Å²) < 4.78 is 12.6. The molecule has 1 aliphatic heterocycles. The van der Waals surface area contributed by atoms with Crippen molar-refractivity contribution in [2.45, 2.75) is 20.3 Å². The number of rotatable bonds is 5. The Kier molecular flexibility index (Phi) is 4.13. The summed E-state index contributed by atoms with van der Waals surface area (Å²) in [5, 5.41) is 7.07. The van der Waals surface area contributed by atoms with Crippen molar-refractivity contribution in [2.75, 3.05) is 26.3 Å². The predicted molar refractivity (Wildman–Crippen MR) is 84.2 cm³/mol. The maximum Gasteiger partial charge on any atom is 0.162 e. The summed E-state index contributed by atoms with van der Waals surface area (Å²) in [6.07, 6.45) is 1.06. The second kappa shape index (κ2) is 6.02.